The number of hydrogen-bond acceptors (Lipinski definition) is 6. The van der Waals surface area contributed by atoms with Gasteiger partial charge >= 0.3 is 6.18 Å². The second-order valence-corrected chi connectivity index (χ2v) is 10.5. The van der Waals surface area contributed by atoms with Crippen molar-refractivity contribution in [2.75, 3.05) is 13.2 Å². The Bertz CT molecular complexity index is 1510. The lowest BCUT2D eigenvalue weighted by Crippen LogP contribution is -2.49. The molecule has 1 saturated heterocycles. The van der Waals surface area contributed by atoms with E-state index in [1.54, 1.807) is 12.4 Å². The molecule has 3 aromatic heterocycles. The third-order valence-electron chi connectivity index (χ3n) is 7.69. The number of halogens is 5. The summed E-state index contributed by atoms with van der Waals surface area (Å²) >= 11 is 0. The fourth-order valence-corrected chi connectivity index (χ4v) is 5.43. The summed E-state index contributed by atoms with van der Waals surface area (Å²) in [7, 11) is 1.87. The van der Waals surface area contributed by atoms with E-state index in [1.165, 1.54) is 0 Å². The third kappa shape index (κ3) is 4.89. The molecule has 1 aliphatic heterocycles. The minimum atomic E-state index is -4.69. The maximum Gasteiger partial charge on any atom is 0.433 e. The molecular formula is C26H26F5N7O. The Morgan fingerprint density at radius 3 is 2.67 bits per heavy atom. The lowest BCUT2D eigenvalue weighted by Gasteiger charge is -2.41. The molecule has 4 aromatic rings. The molecule has 39 heavy (non-hydrogen) atoms. The van der Waals surface area contributed by atoms with Crippen LogP contribution in [0, 0.1) is 0 Å². The molecule has 6 rings (SSSR count). The van der Waals surface area contributed by atoms with Crippen LogP contribution in [0.5, 0.6) is 0 Å². The topological polar surface area (TPSA) is 93.5 Å². The molecule has 0 unspecified atom stereocenters. The van der Waals surface area contributed by atoms with E-state index in [0.29, 0.717) is 36.4 Å². The largest absolute Gasteiger partial charge is 0.433 e. The van der Waals surface area contributed by atoms with Crippen molar-refractivity contribution in [3.8, 4) is 11.3 Å². The zero-order chi connectivity index (χ0) is 27.4. The summed E-state index contributed by atoms with van der Waals surface area (Å²) in [6.45, 7) is 0.854. The Kier molecular flexibility index (Phi) is 6.18. The van der Waals surface area contributed by atoms with Gasteiger partial charge in [-0.1, -0.05) is 18.2 Å². The van der Waals surface area contributed by atoms with E-state index < -0.39 is 23.8 Å². The standard InChI is InChI=1S/C26H26F5N7O/c1-38-14-33-35-21(38)10-24(12-39-13-24)16-4-2-3-15(7-16)22-18-8-20(26(29,30)31)34-19(23(18)37-36-22)11-32-17-5-6-25(27,28)9-17/h2-4,7-8,14,17,32H,5-6,9-13H2,1H3,(H,36,37)/t17-/m0/s1. The van der Waals surface area contributed by atoms with Crippen molar-refractivity contribution in [1.82, 2.24) is 35.3 Å². The molecule has 206 valence electrons. The van der Waals surface area contributed by atoms with Gasteiger partial charge in [0.05, 0.1) is 24.4 Å². The van der Waals surface area contributed by atoms with Gasteiger partial charge in [-0.3, -0.25) is 5.10 Å². The van der Waals surface area contributed by atoms with Crippen molar-refractivity contribution >= 4 is 10.9 Å². The van der Waals surface area contributed by atoms with E-state index in [4.69, 9.17) is 4.74 Å². The predicted molar refractivity (Wildman–Crippen MR) is 131 cm³/mol. The maximum atomic E-state index is 13.8. The van der Waals surface area contributed by atoms with E-state index in [0.717, 1.165) is 17.5 Å². The van der Waals surface area contributed by atoms with Gasteiger partial charge in [0.15, 0.2) is 0 Å². The van der Waals surface area contributed by atoms with Crippen LogP contribution in [0.15, 0.2) is 36.7 Å². The average molecular weight is 548 g/mol. The van der Waals surface area contributed by atoms with Crippen LogP contribution in [-0.4, -0.2) is 55.1 Å². The normalized spacial score (nSPS) is 20.4. The van der Waals surface area contributed by atoms with E-state index in [-0.39, 0.29) is 42.3 Å². The minimum Gasteiger partial charge on any atom is -0.379 e. The van der Waals surface area contributed by atoms with Crippen molar-refractivity contribution in [1.29, 1.82) is 0 Å². The summed E-state index contributed by atoms with van der Waals surface area (Å²) in [4.78, 5) is 3.83. The van der Waals surface area contributed by atoms with E-state index in [2.05, 4.69) is 30.7 Å². The first-order valence-electron chi connectivity index (χ1n) is 12.6. The molecule has 1 aliphatic carbocycles. The highest BCUT2D eigenvalue weighted by Crippen LogP contribution is 2.39. The van der Waals surface area contributed by atoms with Crippen molar-refractivity contribution in [2.45, 2.75) is 55.8 Å². The number of ether oxygens (including phenoxy) is 1. The van der Waals surface area contributed by atoms with Crippen LogP contribution >= 0.6 is 0 Å². The number of nitrogens with one attached hydrogen (secondary N) is 2. The second-order valence-electron chi connectivity index (χ2n) is 10.5. The lowest BCUT2D eigenvalue weighted by atomic mass is 9.75. The molecule has 4 heterocycles. The van der Waals surface area contributed by atoms with Crippen molar-refractivity contribution in [3.63, 3.8) is 0 Å². The van der Waals surface area contributed by atoms with Gasteiger partial charge in [0.2, 0.25) is 5.92 Å². The Morgan fingerprint density at radius 1 is 1.21 bits per heavy atom. The number of hydrogen-bond donors (Lipinski definition) is 2. The van der Waals surface area contributed by atoms with Gasteiger partial charge in [-0.2, -0.15) is 18.3 Å². The van der Waals surface area contributed by atoms with Crippen LogP contribution in [0.2, 0.25) is 0 Å². The van der Waals surface area contributed by atoms with E-state index >= 15 is 0 Å². The summed E-state index contributed by atoms with van der Waals surface area (Å²) in [5.41, 5.74) is 0.949. The van der Waals surface area contributed by atoms with Crippen molar-refractivity contribution in [2.24, 2.45) is 7.05 Å². The lowest BCUT2D eigenvalue weighted by molar-refractivity contribution is -0.141. The Balaban J connectivity index is 1.36. The quantitative estimate of drug-likeness (QED) is 0.330. The summed E-state index contributed by atoms with van der Waals surface area (Å²) in [5.74, 6) is -1.97. The van der Waals surface area contributed by atoms with Crippen LogP contribution in [0.3, 0.4) is 0 Å². The zero-order valence-corrected chi connectivity index (χ0v) is 21.0. The number of nitrogens with zero attached hydrogens (tertiary/aromatic N) is 5. The predicted octanol–water partition coefficient (Wildman–Crippen LogP) is 4.56. The van der Waals surface area contributed by atoms with Crippen molar-refractivity contribution < 1.29 is 26.7 Å². The van der Waals surface area contributed by atoms with Gasteiger partial charge in [-0.15, -0.1) is 10.2 Å². The highest BCUT2D eigenvalue weighted by atomic mass is 19.4. The number of aryl methyl sites for hydroxylation is 1. The number of H-pyrrole nitrogens is 1. The minimum absolute atomic E-state index is 0.0797. The first-order chi connectivity index (χ1) is 18.5. The Hall–Kier alpha value is -3.45. The Labute approximate surface area is 220 Å². The molecule has 0 amide bonds. The molecular weight excluding hydrogens is 521 g/mol. The van der Waals surface area contributed by atoms with Gasteiger partial charge < -0.3 is 14.6 Å². The third-order valence-corrected chi connectivity index (χ3v) is 7.69. The SMILES string of the molecule is Cn1cnnc1CC1(c2cccc(-c3n[nH]c4c(CN[C@H]5CCC(F)(F)C5)nc(C(F)(F)F)cc34)c2)COC1. The van der Waals surface area contributed by atoms with E-state index in [1.807, 2.05) is 29.8 Å². The van der Waals surface area contributed by atoms with Gasteiger partial charge in [0, 0.05) is 55.3 Å². The first-order valence-corrected chi connectivity index (χ1v) is 12.6. The van der Waals surface area contributed by atoms with Gasteiger partial charge in [-0.25, -0.2) is 13.8 Å². The van der Waals surface area contributed by atoms with Gasteiger partial charge in [0.1, 0.15) is 23.5 Å². The molecule has 2 N–H and O–H groups in total. The van der Waals surface area contributed by atoms with Gasteiger partial charge in [0.25, 0.3) is 0 Å². The van der Waals surface area contributed by atoms with Crippen LogP contribution in [0.25, 0.3) is 22.2 Å². The molecule has 8 nitrogen and oxygen atoms in total. The highest BCUT2D eigenvalue weighted by molar-refractivity contribution is 5.94. The van der Waals surface area contributed by atoms with Crippen molar-refractivity contribution in [3.05, 3.63) is 59.4 Å². The molecule has 13 heteroatoms. The van der Waals surface area contributed by atoms with Gasteiger partial charge in [-0.05, 0) is 24.1 Å². The summed E-state index contributed by atoms with van der Waals surface area (Å²) < 4.78 is 76.1. The van der Waals surface area contributed by atoms with Crippen LogP contribution in [0.1, 0.15) is 42.0 Å². The number of alkyl halides is 5. The number of fused-ring (bicyclic) bond motifs is 1. The summed E-state index contributed by atoms with van der Waals surface area (Å²) in [6, 6.07) is 8.00. The second kappa shape index (κ2) is 9.33. The first kappa shape index (κ1) is 25.8. The monoisotopic (exact) mass is 547 g/mol. The number of aromatic nitrogens is 6. The maximum absolute atomic E-state index is 13.8. The Morgan fingerprint density at radius 2 is 2.03 bits per heavy atom. The molecule has 1 atom stereocenters. The smallest absolute Gasteiger partial charge is 0.379 e. The number of rotatable bonds is 7. The fourth-order valence-electron chi connectivity index (χ4n) is 5.43. The molecule has 0 spiro atoms. The molecule has 1 aromatic carbocycles. The van der Waals surface area contributed by atoms with Crippen LogP contribution in [-0.2, 0) is 36.3 Å². The molecule has 1 saturated carbocycles. The molecule has 2 aliphatic rings. The number of pyridine rings is 1. The molecule has 0 bridgehead atoms. The summed E-state index contributed by atoms with van der Waals surface area (Å²) in [5, 5.41) is 18.6. The molecule has 0 radical (unpaired) electrons. The van der Waals surface area contributed by atoms with Crippen LogP contribution < -0.4 is 5.32 Å². The zero-order valence-electron chi connectivity index (χ0n) is 21.0. The van der Waals surface area contributed by atoms with Crippen LogP contribution in [0.4, 0.5) is 22.0 Å². The van der Waals surface area contributed by atoms with E-state index in [9.17, 15) is 22.0 Å². The number of aromatic amines is 1. The highest BCUT2D eigenvalue weighted by Gasteiger charge is 2.42. The fraction of sp³-hybridized carbons (Fsp3) is 0.462. The summed E-state index contributed by atoms with van der Waals surface area (Å²) in [6.07, 6.45) is -2.82. The molecule has 2 fully saturated rings. The number of benzene rings is 1. The average Bonchev–Trinajstić information content (AvgIpc) is 3.57.